The van der Waals surface area contributed by atoms with Crippen molar-refractivity contribution in [2.45, 2.75) is 26.2 Å². The van der Waals surface area contributed by atoms with Gasteiger partial charge in [-0.25, -0.2) is 0 Å². The molecule has 1 aliphatic carbocycles. The number of ketones is 1. The molecule has 0 aromatic rings. The largest absolute Gasteiger partial charge is 0.290 e. The molecule has 0 N–H and O–H groups in total. The molecule has 0 aromatic carbocycles. The predicted molar refractivity (Wildman–Crippen MR) is 41.8 cm³/mol. The quantitative estimate of drug-likeness (QED) is 0.569. The maximum Gasteiger partial charge on any atom is 0.181 e. The van der Waals surface area contributed by atoms with Gasteiger partial charge in [0.15, 0.2) is 5.78 Å². The zero-order chi connectivity index (χ0) is 7.40. The van der Waals surface area contributed by atoms with Crippen molar-refractivity contribution in [3.05, 3.63) is 23.8 Å². The lowest BCUT2D eigenvalue weighted by atomic mass is 10.0. The van der Waals surface area contributed by atoms with Gasteiger partial charge in [0, 0.05) is 0 Å². The Labute approximate surface area is 61.4 Å². The maximum atomic E-state index is 11.0. The van der Waals surface area contributed by atoms with Crippen molar-refractivity contribution >= 4 is 5.78 Å². The SMILES string of the molecule is CCCC1=CCC=CC1=O. The summed E-state index contributed by atoms with van der Waals surface area (Å²) in [5.41, 5.74) is 0.991. The summed E-state index contributed by atoms with van der Waals surface area (Å²) in [7, 11) is 0. The summed E-state index contributed by atoms with van der Waals surface area (Å²) >= 11 is 0. The Hall–Kier alpha value is -0.850. The van der Waals surface area contributed by atoms with E-state index < -0.39 is 0 Å². The third kappa shape index (κ3) is 1.56. The monoisotopic (exact) mass is 136 g/mol. The molecule has 0 aromatic heterocycles. The molecule has 1 aliphatic rings. The molecule has 0 aliphatic heterocycles. The van der Waals surface area contributed by atoms with E-state index in [1.54, 1.807) is 6.08 Å². The second-order valence-corrected chi connectivity index (χ2v) is 2.48. The van der Waals surface area contributed by atoms with Crippen molar-refractivity contribution < 1.29 is 4.79 Å². The van der Waals surface area contributed by atoms with E-state index in [1.807, 2.05) is 12.2 Å². The minimum Gasteiger partial charge on any atom is -0.290 e. The lowest BCUT2D eigenvalue weighted by Gasteiger charge is -2.03. The van der Waals surface area contributed by atoms with Crippen LogP contribution in [-0.2, 0) is 4.79 Å². The molecular weight excluding hydrogens is 124 g/mol. The van der Waals surface area contributed by atoms with Crippen molar-refractivity contribution in [2.24, 2.45) is 0 Å². The van der Waals surface area contributed by atoms with E-state index in [4.69, 9.17) is 0 Å². The van der Waals surface area contributed by atoms with E-state index in [0.717, 1.165) is 24.8 Å². The molecule has 0 saturated carbocycles. The second-order valence-electron chi connectivity index (χ2n) is 2.48. The van der Waals surface area contributed by atoms with E-state index in [9.17, 15) is 4.79 Å². The van der Waals surface area contributed by atoms with Gasteiger partial charge in [0.1, 0.15) is 0 Å². The van der Waals surface area contributed by atoms with E-state index in [0.29, 0.717) is 0 Å². The molecule has 0 unspecified atom stereocenters. The van der Waals surface area contributed by atoms with E-state index in [1.165, 1.54) is 0 Å². The Balaban J connectivity index is 2.57. The number of hydrogen-bond donors (Lipinski definition) is 0. The highest BCUT2D eigenvalue weighted by atomic mass is 16.1. The van der Waals surface area contributed by atoms with Crippen LogP contribution < -0.4 is 0 Å². The van der Waals surface area contributed by atoms with E-state index >= 15 is 0 Å². The minimum atomic E-state index is 0.202. The normalized spacial score (nSPS) is 17.3. The van der Waals surface area contributed by atoms with Gasteiger partial charge >= 0.3 is 0 Å². The van der Waals surface area contributed by atoms with Crippen LogP contribution in [0.3, 0.4) is 0 Å². The fourth-order valence-corrected chi connectivity index (χ4v) is 1.09. The van der Waals surface area contributed by atoms with Crippen LogP contribution in [0.15, 0.2) is 23.8 Å². The van der Waals surface area contributed by atoms with Gasteiger partial charge in [-0.05, 0) is 24.5 Å². The number of carbonyl (C=O) groups excluding carboxylic acids is 1. The molecule has 0 heterocycles. The van der Waals surface area contributed by atoms with Crippen LogP contribution in [0.2, 0.25) is 0 Å². The first-order valence-corrected chi connectivity index (χ1v) is 3.74. The molecule has 1 heteroatoms. The molecule has 0 spiro atoms. The zero-order valence-electron chi connectivity index (χ0n) is 6.26. The molecule has 10 heavy (non-hydrogen) atoms. The van der Waals surface area contributed by atoms with Crippen LogP contribution in [0, 0.1) is 0 Å². The summed E-state index contributed by atoms with van der Waals surface area (Å²) < 4.78 is 0. The third-order valence-corrected chi connectivity index (χ3v) is 1.61. The minimum absolute atomic E-state index is 0.202. The van der Waals surface area contributed by atoms with Gasteiger partial charge in [-0.2, -0.15) is 0 Å². The highest BCUT2D eigenvalue weighted by Crippen LogP contribution is 2.12. The average Bonchev–Trinajstić information content (AvgIpc) is 1.94. The molecule has 0 amide bonds. The Morgan fingerprint density at radius 1 is 1.60 bits per heavy atom. The van der Waals surface area contributed by atoms with Crippen LogP contribution in [0.1, 0.15) is 26.2 Å². The third-order valence-electron chi connectivity index (χ3n) is 1.61. The summed E-state index contributed by atoms with van der Waals surface area (Å²) in [6.45, 7) is 2.09. The summed E-state index contributed by atoms with van der Waals surface area (Å²) in [6.07, 6.45) is 8.52. The van der Waals surface area contributed by atoms with Crippen molar-refractivity contribution in [3.63, 3.8) is 0 Å². The second kappa shape index (κ2) is 3.35. The molecule has 1 nitrogen and oxygen atoms in total. The van der Waals surface area contributed by atoms with Gasteiger partial charge in [-0.3, -0.25) is 4.79 Å². The van der Waals surface area contributed by atoms with Crippen LogP contribution >= 0.6 is 0 Å². The summed E-state index contributed by atoms with van der Waals surface area (Å²) in [5, 5.41) is 0. The Bertz CT molecular complexity index is 187. The molecule has 0 bridgehead atoms. The number of allylic oxidation sites excluding steroid dienone is 4. The zero-order valence-corrected chi connectivity index (χ0v) is 6.26. The predicted octanol–water partition coefficient (Wildman–Crippen LogP) is 2.24. The number of rotatable bonds is 2. The molecule has 0 fully saturated rings. The maximum absolute atomic E-state index is 11.0. The number of hydrogen-bond acceptors (Lipinski definition) is 1. The standard InChI is InChI=1S/C9H12O/c1-2-5-8-6-3-4-7-9(8)10/h4,6-7H,2-3,5H2,1H3. The Morgan fingerprint density at radius 2 is 2.40 bits per heavy atom. The van der Waals surface area contributed by atoms with E-state index in [2.05, 4.69) is 6.92 Å². The molecule has 0 radical (unpaired) electrons. The average molecular weight is 136 g/mol. The lowest BCUT2D eigenvalue weighted by molar-refractivity contribution is -0.111. The van der Waals surface area contributed by atoms with Crippen molar-refractivity contribution in [1.29, 1.82) is 0 Å². The molecule has 0 atom stereocenters. The van der Waals surface area contributed by atoms with Crippen molar-refractivity contribution in [1.82, 2.24) is 0 Å². The van der Waals surface area contributed by atoms with Crippen molar-refractivity contribution in [2.75, 3.05) is 0 Å². The summed E-state index contributed by atoms with van der Waals surface area (Å²) in [4.78, 5) is 11.0. The Morgan fingerprint density at radius 3 is 3.00 bits per heavy atom. The van der Waals surface area contributed by atoms with Crippen LogP contribution in [0.25, 0.3) is 0 Å². The number of carbonyl (C=O) groups is 1. The highest BCUT2D eigenvalue weighted by molar-refractivity contribution is 6.04. The fourth-order valence-electron chi connectivity index (χ4n) is 1.09. The fraction of sp³-hybridized carbons (Fsp3) is 0.444. The van der Waals surface area contributed by atoms with Gasteiger partial charge in [0.2, 0.25) is 0 Å². The molecular formula is C9H12O. The summed E-state index contributed by atoms with van der Waals surface area (Å²) in [6, 6.07) is 0. The van der Waals surface area contributed by atoms with Gasteiger partial charge < -0.3 is 0 Å². The van der Waals surface area contributed by atoms with Crippen LogP contribution in [0.5, 0.6) is 0 Å². The van der Waals surface area contributed by atoms with Crippen LogP contribution in [-0.4, -0.2) is 5.78 Å². The molecule has 1 rings (SSSR count). The summed E-state index contributed by atoms with van der Waals surface area (Å²) in [5.74, 6) is 0.202. The topological polar surface area (TPSA) is 17.1 Å². The smallest absolute Gasteiger partial charge is 0.181 e. The van der Waals surface area contributed by atoms with Crippen LogP contribution in [0.4, 0.5) is 0 Å². The van der Waals surface area contributed by atoms with Gasteiger partial charge in [-0.15, -0.1) is 0 Å². The van der Waals surface area contributed by atoms with E-state index in [-0.39, 0.29) is 5.78 Å². The Kier molecular flexibility index (Phi) is 2.43. The first-order valence-electron chi connectivity index (χ1n) is 3.74. The molecule has 0 saturated heterocycles. The highest BCUT2D eigenvalue weighted by Gasteiger charge is 2.06. The van der Waals surface area contributed by atoms with Crippen molar-refractivity contribution in [3.8, 4) is 0 Å². The van der Waals surface area contributed by atoms with Gasteiger partial charge in [-0.1, -0.05) is 25.5 Å². The molecule has 54 valence electrons. The first kappa shape index (κ1) is 7.26. The van der Waals surface area contributed by atoms with Gasteiger partial charge in [0.25, 0.3) is 0 Å². The van der Waals surface area contributed by atoms with Gasteiger partial charge in [0.05, 0.1) is 0 Å². The first-order chi connectivity index (χ1) is 4.84. The lowest BCUT2D eigenvalue weighted by Crippen LogP contribution is -2.01.